The summed E-state index contributed by atoms with van der Waals surface area (Å²) in [5.41, 5.74) is 0.676. The van der Waals surface area contributed by atoms with Crippen molar-refractivity contribution in [1.29, 1.82) is 0 Å². The van der Waals surface area contributed by atoms with Crippen molar-refractivity contribution in [2.75, 3.05) is 13.4 Å². The smallest absolute Gasteiger partial charge is 0.338 e. The van der Waals surface area contributed by atoms with Crippen molar-refractivity contribution < 1.29 is 28.7 Å². The number of esters is 1. The highest BCUT2D eigenvalue weighted by Crippen LogP contribution is 2.39. The number of fused-ring (bicyclic) bond motifs is 2. The van der Waals surface area contributed by atoms with Gasteiger partial charge in [0.1, 0.15) is 11.8 Å². The van der Waals surface area contributed by atoms with Crippen LogP contribution in [-0.4, -0.2) is 35.0 Å². The molecular formula is C27H25N3O8S. The highest BCUT2D eigenvalue weighted by molar-refractivity contribution is 7.07. The summed E-state index contributed by atoms with van der Waals surface area (Å²) in [6, 6.07) is 9.04. The number of rotatable bonds is 7. The number of nitro benzene ring substituents is 1. The summed E-state index contributed by atoms with van der Waals surface area (Å²) < 4.78 is 23.7. The Hall–Kier alpha value is -4.45. The van der Waals surface area contributed by atoms with E-state index in [1.807, 2.05) is 19.9 Å². The first-order valence-electron chi connectivity index (χ1n) is 12.2. The molecule has 1 atom stereocenters. The van der Waals surface area contributed by atoms with E-state index < -0.39 is 22.5 Å². The summed E-state index contributed by atoms with van der Waals surface area (Å²) in [5, 5.41) is 11.8. The SMILES string of the molecule is CCOC(=O)C1=C(C)N=c2s/c(=C\c3cc4c(cc3[N+](=O)[O-])OCO4)c(=O)n2[C@H]1c1ccccc1OC(C)C. The van der Waals surface area contributed by atoms with Crippen LogP contribution >= 0.6 is 11.3 Å². The molecule has 0 N–H and O–H groups in total. The summed E-state index contributed by atoms with van der Waals surface area (Å²) in [5.74, 6) is 0.522. The van der Waals surface area contributed by atoms with E-state index in [4.69, 9.17) is 18.9 Å². The Morgan fingerprint density at radius 1 is 1.28 bits per heavy atom. The van der Waals surface area contributed by atoms with E-state index in [9.17, 15) is 19.7 Å². The van der Waals surface area contributed by atoms with Gasteiger partial charge in [0, 0.05) is 5.56 Å². The van der Waals surface area contributed by atoms with E-state index in [-0.39, 0.29) is 46.6 Å². The van der Waals surface area contributed by atoms with Gasteiger partial charge in [0.15, 0.2) is 16.3 Å². The number of carbonyl (C=O) groups excluding carboxylic acids is 1. The van der Waals surface area contributed by atoms with Crippen molar-refractivity contribution in [3.63, 3.8) is 0 Å². The number of carbonyl (C=O) groups is 1. The van der Waals surface area contributed by atoms with Crippen molar-refractivity contribution in [1.82, 2.24) is 4.57 Å². The minimum atomic E-state index is -0.885. The van der Waals surface area contributed by atoms with E-state index >= 15 is 0 Å². The molecule has 3 aromatic rings. The molecular weight excluding hydrogens is 526 g/mol. The van der Waals surface area contributed by atoms with Crippen LogP contribution in [0.3, 0.4) is 0 Å². The molecule has 0 spiro atoms. The predicted octanol–water partition coefficient (Wildman–Crippen LogP) is 3.22. The fraction of sp³-hybridized carbons (Fsp3) is 0.296. The van der Waals surface area contributed by atoms with Gasteiger partial charge in [-0.25, -0.2) is 9.79 Å². The molecule has 0 fully saturated rings. The van der Waals surface area contributed by atoms with Crippen LogP contribution in [0.1, 0.15) is 44.9 Å². The Kier molecular flexibility index (Phi) is 6.96. The van der Waals surface area contributed by atoms with Gasteiger partial charge in [-0.1, -0.05) is 29.5 Å². The zero-order valence-electron chi connectivity index (χ0n) is 21.6. The summed E-state index contributed by atoms with van der Waals surface area (Å²) in [6.45, 7) is 7.25. The van der Waals surface area contributed by atoms with Gasteiger partial charge in [0.25, 0.3) is 11.2 Å². The van der Waals surface area contributed by atoms with Crippen molar-refractivity contribution in [2.24, 2.45) is 4.99 Å². The predicted molar refractivity (Wildman–Crippen MR) is 142 cm³/mol. The molecule has 3 heterocycles. The number of allylic oxidation sites excluding steroid dienone is 1. The van der Waals surface area contributed by atoms with Gasteiger partial charge < -0.3 is 18.9 Å². The molecule has 0 aliphatic carbocycles. The molecule has 2 aliphatic rings. The molecule has 0 saturated carbocycles. The zero-order chi connectivity index (χ0) is 27.8. The van der Waals surface area contributed by atoms with Gasteiger partial charge in [0.05, 0.1) is 45.1 Å². The Morgan fingerprint density at radius 3 is 2.69 bits per heavy atom. The lowest BCUT2D eigenvalue weighted by Gasteiger charge is -2.26. The lowest BCUT2D eigenvalue weighted by Crippen LogP contribution is -2.40. The first-order chi connectivity index (χ1) is 18.7. The average Bonchev–Trinajstić information content (AvgIpc) is 3.46. The number of nitro groups is 1. The van der Waals surface area contributed by atoms with E-state index in [1.54, 1.807) is 32.0 Å². The van der Waals surface area contributed by atoms with Gasteiger partial charge in [0.2, 0.25) is 6.79 Å². The standard InChI is InChI=1S/C27H25N3O8S/c1-5-35-26(32)23-15(4)28-27-29(24(23)17-8-6-7-9-19(17)38-14(2)3)25(31)22(39-27)11-16-10-20-21(37-13-36-20)12-18(16)30(33)34/h6-12,14,24H,5,13H2,1-4H3/b22-11-/t24-/m0/s1. The Morgan fingerprint density at radius 2 is 2.00 bits per heavy atom. The zero-order valence-corrected chi connectivity index (χ0v) is 22.4. The van der Waals surface area contributed by atoms with Gasteiger partial charge in [-0.05, 0) is 45.9 Å². The number of thiazole rings is 1. The molecule has 0 radical (unpaired) electrons. The fourth-order valence-electron chi connectivity index (χ4n) is 4.52. The van der Waals surface area contributed by atoms with Crippen LogP contribution in [0.5, 0.6) is 17.2 Å². The van der Waals surface area contributed by atoms with E-state index in [0.29, 0.717) is 27.6 Å². The topological polar surface area (TPSA) is 131 Å². The fourth-order valence-corrected chi connectivity index (χ4v) is 5.55. The van der Waals surface area contributed by atoms with Crippen LogP contribution in [-0.2, 0) is 9.53 Å². The molecule has 0 saturated heterocycles. The van der Waals surface area contributed by atoms with Crippen molar-refractivity contribution in [3.8, 4) is 17.2 Å². The highest BCUT2D eigenvalue weighted by Gasteiger charge is 2.35. The van der Waals surface area contributed by atoms with Gasteiger partial charge >= 0.3 is 5.97 Å². The summed E-state index contributed by atoms with van der Waals surface area (Å²) in [7, 11) is 0. The monoisotopic (exact) mass is 551 g/mol. The van der Waals surface area contributed by atoms with Gasteiger partial charge in [-0.3, -0.25) is 19.5 Å². The van der Waals surface area contributed by atoms with E-state index in [2.05, 4.69) is 4.99 Å². The highest BCUT2D eigenvalue weighted by atomic mass is 32.1. The molecule has 2 aromatic carbocycles. The largest absolute Gasteiger partial charge is 0.491 e. The van der Waals surface area contributed by atoms with Crippen molar-refractivity contribution >= 4 is 29.1 Å². The van der Waals surface area contributed by atoms with Crippen LogP contribution in [0, 0.1) is 10.1 Å². The number of hydrogen-bond donors (Lipinski definition) is 0. The minimum absolute atomic E-state index is 0.0497. The summed E-state index contributed by atoms with van der Waals surface area (Å²) in [4.78, 5) is 43.2. The molecule has 0 amide bonds. The van der Waals surface area contributed by atoms with E-state index in [0.717, 1.165) is 11.3 Å². The number of ether oxygens (including phenoxy) is 4. The average molecular weight is 552 g/mol. The maximum absolute atomic E-state index is 13.9. The van der Waals surface area contributed by atoms with E-state index in [1.165, 1.54) is 22.8 Å². The van der Waals surface area contributed by atoms with Crippen molar-refractivity contribution in [3.05, 3.63) is 88.6 Å². The lowest BCUT2D eigenvalue weighted by molar-refractivity contribution is -0.385. The molecule has 1 aromatic heterocycles. The lowest BCUT2D eigenvalue weighted by atomic mass is 9.95. The number of para-hydroxylation sites is 1. The van der Waals surface area contributed by atoms with Gasteiger partial charge in [-0.15, -0.1) is 0 Å². The Bertz CT molecular complexity index is 1700. The molecule has 0 unspecified atom stereocenters. The maximum atomic E-state index is 13.9. The minimum Gasteiger partial charge on any atom is -0.491 e. The number of aromatic nitrogens is 1. The Labute approximate surface area is 226 Å². The molecule has 5 rings (SSSR count). The number of benzene rings is 2. The van der Waals surface area contributed by atoms with Crippen molar-refractivity contribution in [2.45, 2.75) is 39.8 Å². The number of nitrogens with zero attached hydrogens (tertiary/aromatic N) is 3. The maximum Gasteiger partial charge on any atom is 0.338 e. The normalized spacial score (nSPS) is 16.2. The van der Waals surface area contributed by atoms with Crippen LogP contribution < -0.4 is 29.1 Å². The second kappa shape index (κ2) is 10.4. The second-order valence-corrected chi connectivity index (χ2v) is 10.0. The molecule has 12 heteroatoms. The molecule has 11 nitrogen and oxygen atoms in total. The molecule has 39 heavy (non-hydrogen) atoms. The third kappa shape index (κ3) is 4.78. The van der Waals surface area contributed by atoms with Crippen LogP contribution in [0.4, 0.5) is 5.69 Å². The van der Waals surface area contributed by atoms with Crippen LogP contribution in [0.15, 0.2) is 57.5 Å². The van der Waals surface area contributed by atoms with Crippen LogP contribution in [0.2, 0.25) is 0 Å². The third-order valence-electron chi connectivity index (χ3n) is 6.10. The third-order valence-corrected chi connectivity index (χ3v) is 7.08. The molecule has 202 valence electrons. The van der Waals surface area contributed by atoms with Gasteiger partial charge in [-0.2, -0.15) is 0 Å². The quantitative estimate of drug-likeness (QED) is 0.248. The summed E-state index contributed by atoms with van der Waals surface area (Å²) in [6.07, 6.45) is 1.27. The first-order valence-corrected chi connectivity index (χ1v) is 13.0. The summed E-state index contributed by atoms with van der Waals surface area (Å²) >= 11 is 1.07. The number of hydrogen-bond acceptors (Lipinski definition) is 10. The molecule has 2 aliphatic heterocycles. The Balaban J connectivity index is 1.76. The first kappa shape index (κ1) is 26.2. The molecule has 0 bridgehead atoms. The van der Waals surface area contributed by atoms with Crippen LogP contribution in [0.25, 0.3) is 6.08 Å². The second-order valence-electron chi connectivity index (χ2n) is 9.03.